The van der Waals surface area contributed by atoms with Crippen molar-refractivity contribution in [1.29, 1.82) is 0 Å². The highest BCUT2D eigenvalue weighted by molar-refractivity contribution is 5.85. The molecular formula is C11H22N2O. The quantitative estimate of drug-likeness (QED) is 0.629. The normalized spacial score (nSPS) is 18.3. The van der Waals surface area contributed by atoms with Crippen LogP contribution in [0.5, 0.6) is 0 Å². The maximum absolute atomic E-state index is 11.8. The van der Waals surface area contributed by atoms with Crippen LogP contribution in [0.25, 0.3) is 0 Å². The summed E-state index contributed by atoms with van der Waals surface area (Å²) >= 11 is 0. The van der Waals surface area contributed by atoms with Crippen LogP contribution in [0.15, 0.2) is 0 Å². The molecule has 0 atom stereocenters. The summed E-state index contributed by atoms with van der Waals surface area (Å²) in [7, 11) is 1.90. The van der Waals surface area contributed by atoms with E-state index >= 15 is 0 Å². The predicted molar refractivity (Wildman–Crippen MR) is 58.1 cm³/mol. The second-order valence-electron chi connectivity index (χ2n) is 4.74. The van der Waals surface area contributed by atoms with Crippen LogP contribution in [0.3, 0.4) is 0 Å². The second-order valence-corrected chi connectivity index (χ2v) is 4.74. The topological polar surface area (TPSA) is 41.1 Å². The summed E-state index contributed by atoms with van der Waals surface area (Å²) in [6, 6.07) is 0. The van der Waals surface area contributed by atoms with E-state index in [0.717, 1.165) is 32.4 Å². The molecule has 0 aromatic heterocycles. The minimum atomic E-state index is 0.00189. The van der Waals surface area contributed by atoms with Crippen LogP contribution in [0.4, 0.5) is 0 Å². The summed E-state index contributed by atoms with van der Waals surface area (Å²) in [5.74, 6) is 0.883. The minimum Gasteiger partial charge on any atom is -0.354 e. The molecule has 0 bridgehead atoms. The number of carbonyl (C=O) groups excluding carboxylic acids is 1. The van der Waals surface area contributed by atoms with Crippen LogP contribution >= 0.6 is 0 Å². The Hall–Kier alpha value is -0.570. The molecule has 0 aromatic carbocycles. The lowest BCUT2D eigenvalue weighted by atomic mass is 9.93. The SMILES string of the molecule is CNCCNC(=O)C1(CC(C)C)CC1. The van der Waals surface area contributed by atoms with Crippen molar-refractivity contribution in [2.45, 2.75) is 33.1 Å². The van der Waals surface area contributed by atoms with E-state index in [9.17, 15) is 4.79 Å². The Labute approximate surface area is 86.6 Å². The van der Waals surface area contributed by atoms with Crippen molar-refractivity contribution in [2.24, 2.45) is 11.3 Å². The highest BCUT2D eigenvalue weighted by Crippen LogP contribution is 2.50. The molecule has 3 heteroatoms. The fourth-order valence-electron chi connectivity index (χ4n) is 1.94. The summed E-state index contributed by atoms with van der Waals surface area (Å²) in [4.78, 5) is 11.8. The lowest BCUT2D eigenvalue weighted by Crippen LogP contribution is -2.36. The monoisotopic (exact) mass is 198 g/mol. The third-order valence-electron chi connectivity index (χ3n) is 2.79. The van der Waals surface area contributed by atoms with E-state index in [4.69, 9.17) is 0 Å². The molecule has 82 valence electrons. The summed E-state index contributed by atoms with van der Waals surface area (Å²) in [5.41, 5.74) is 0.00189. The molecule has 0 radical (unpaired) electrons. The van der Waals surface area contributed by atoms with Crippen molar-refractivity contribution in [3.8, 4) is 0 Å². The van der Waals surface area contributed by atoms with Crippen molar-refractivity contribution in [3.63, 3.8) is 0 Å². The first kappa shape index (κ1) is 11.5. The molecule has 1 aliphatic rings. The summed E-state index contributed by atoms with van der Waals surface area (Å²) < 4.78 is 0. The van der Waals surface area contributed by atoms with Crippen molar-refractivity contribution < 1.29 is 4.79 Å². The van der Waals surface area contributed by atoms with E-state index in [1.807, 2.05) is 7.05 Å². The highest BCUT2D eigenvalue weighted by atomic mass is 16.2. The first-order valence-electron chi connectivity index (χ1n) is 5.53. The number of nitrogens with one attached hydrogen (secondary N) is 2. The number of hydrogen-bond acceptors (Lipinski definition) is 2. The van der Waals surface area contributed by atoms with Crippen LogP contribution < -0.4 is 10.6 Å². The molecule has 1 rings (SSSR count). The Morgan fingerprint density at radius 2 is 2.00 bits per heavy atom. The van der Waals surface area contributed by atoms with Gasteiger partial charge in [0.1, 0.15) is 0 Å². The Morgan fingerprint density at radius 1 is 1.36 bits per heavy atom. The summed E-state index contributed by atoms with van der Waals surface area (Å²) in [5, 5.41) is 6.01. The Bertz CT molecular complexity index is 197. The predicted octanol–water partition coefficient (Wildman–Crippen LogP) is 1.15. The zero-order valence-electron chi connectivity index (χ0n) is 9.52. The van der Waals surface area contributed by atoms with E-state index in [1.165, 1.54) is 0 Å². The van der Waals surface area contributed by atoms with Crippen LogP contribution in [0.1, 0.15) is 33.1 Å². The molecule has 0 aromatic rings. The molecule has 0 saturated heterocycles. The lowest BCUT2D eigenvalue weighted by molar-refractivity contribution is -0.126. The van der Waals surface area contributed by atoms with E-state index < -0.39 is 0 Å². The molecule has 3 nitrogen and oxygen atoms in total. The van der Waals surface area contributed by atoms with Gasteiger partial charge in [0, 0.05) is 18.5 Å². The molecule has 0 unspecified atom stereocenters. The van der Waals surface area contributed by atoms with Gasteiger partial charge >= 0.3 is 0 Å². The third kappa shape index (κ3) is 2.98. The number of carbonyl (C=O) groups is 1. The smallest absolute Gasteiger partial charge is 0.226 e. The van der Waals surface area contributed by atoms with Gasteiger partial charge in [-0.1, -0.05) is 13.8 Å². The van der Waals surface area contributed by atoms with E-state index in [-0.39, 0.29) is 11.3 Å². The highest BCUT2D eigenvalue weighted by Gasteiger charge is 2.49. The molecule has 1 amide bonds. The average molecular weight is 198 g/mol. The third-order valence-corrected chi connectivity index (χ3v) is 2.79. The van der Waals surface area contributed by atoms with Crippen molar-refractivity contribution >= 4 is 5.91 Å². The molecule has 2 N–H and O–H groups in total. The fraction of sp³-hybridized carbons (Fsp3) is 0.909. The number of hydrogen-bond donors (Lipinski definition) is 2. The Kier molecular flexibility index (Phi) is 3.93. The van der Waals surface area contributed by atoms with Gasteiger partial charge in [-0.05, 0) is 32.2 Å². The first-order valence-corrected chi connectivity index (χ1v) is 5.53. The van der Waals surface area contributed by atoms with Gasteiger partial charge in [0.25, 0.3) is 0 Å². The number of rotatable bonds is 6. The van der Waals surface area contributed by atoms with Gasteiger partial charge < -0.3 is 10.6 Å². The second kappa shape index (κ2) is 4.78. The van der Waals surface area contributed by atoms with Crippen molar-refractivity contribution in [1.82, 2.24) is 10.6 Å². The van der Waals surface area contributed by atoms with Crippen LogP contribution in [-0.4, -0.2) is 26.0 Å². The fourth-order valence-corrected chi connectivity index (χ4v) is 1.94. The van der Waals surface area contributed by atoms with Crippen molar-refractivity contribution in [3.05, 3.63) is 0 Å². The molecule has 0 spiro atoms. The van der Waals surface area contributed by atoms with Gasteiger partial charge in [-0.25, -0.2) is 0 Å². The van der Waals surface area contributed by atoms with Gasteiger partial charge in [-0.15, -0.1) is 0 Å². The average Bonchev–Trinajstić information content (AvgIpc) is 2.85. The van der Waals surface area contributed by atoms with E-state index in [0.29, 0.717) is 5.92 Å². The molecule has 1 saturated carbocycles. The summed E-state index contributed by atoms with van der Waals surface area (Å²) in [6.45, 7) is 5.96. The summed E-state index contributed by atoms with van der Waals surface area (Å²) in [6.07, 6.45) is 3.20. The molecule has 0 heterocycles. The van der Waals surface area contributed by atoms with Crippen LogP contribution in [0, 0.1) is 11.3 Å². The number of likely N-dealkylation sites (N-methyl/N-ethyl adjacent to an activating group) is 1. The van der Waals surface area contributed by atoms with Crippen molar-refractivity contribution in [2.75, 3.05) is 20.1 Å². The molecule has 0 aliphatic heterocycles. The Morgan fingerprint density at radius 3 is 2.43 bits per heavy atom. The molecule has 1 fully saturated rings. The van der Waals surface area contributed by atoms with Gasteiger partial charge in [0.15, 0.2) is 0 Å². The molecule has 1 aliphatic carbocycles. The Balaban J connectivity index is 2.29. The van der Waals surface area contributed by atoms with Crippen LogP contribution in [-0.2, 0) is 4.79 Å². The molecule has 14 heavy (non-hydrogen) atoms. The van der Waals surface area contributed by atoms with Gasteiger partial charge in [-0.2, -0.15) is 0 Å². The number of amides is 1. The zero-order chi connectivity index (χ0) is 10.6. The first-order chi connectivity index (χ1) is 6.60. The standard InChI is InChI=1S/C11H22N2O/c1-9(2)8-11(4-5-11)10(14)13-7-6-12-3/h9,12H,4-8H2,1-3H3,(H,13,14). The molecular weight excluding hydrogens is 176 g/mol. The van der Waals surface area contributed by atoms with E-state index in [1.54, 1.807) is 0 Å². The maximum Gasteiger partial charge on any atom is 0.226 e. The zero-order valence-corrected chi connectivity index (χ0v) is 9.52. The minimum absolute atomic E-state index is 0.00189. The van der Waals surface area contributed by atoms with Gasteiger partial charge in [0.05, 0.1) is 0 Å². The largest absolute Gasteiger partial charge is 0.354 e. The van der Waals surface area contributed by atoms with E-state index in [2.05, 4.69) is 24.5 Å². The lowest BCUT2D eigenvalue weighted by Gasteiger charge is -2.17. The van der Waals surface area contributed by atoms with Crippen LogP contribution in [0.2, 0.25) is 0 Å². The maximum atomic E-state index is 11.8. The van der Waals surface area contributed by atoms with Gasteiger partial charge in [-0.3, -0.25) is 4.79 Å². The van der Waals surface area contributed by atoms with Gasteiger partial charge in [0.2, 0.25) is 5.91 Å².